The number of hydrogen-bond acceptors (Lipinski definition) is 4. The highest BCUT2D eigenvalue weighted by Crippen LogP contribution is 2.14. The summed E-state index contributed by atoms with van der Waals surface area (Å²) in [7, 11) is 0. The summed E-state index contributed by atoms with van der Waals surface area (Å²) in [5.74, 6) is -1.05. The summed E-state index contributed by atoms with van der Waals surface area (Å²) < 4.78 is 28.1. The Hall–Kier alpha value is -2.48. The fraction of sp³-hybridized carbons (Fsp3) is 0.0769. The van der Waals surface area contributed by atoms with Crippen molar-refractivity contribution in [1.82, 2.24) is 10.9 Å². The minimum atomic E-state index is -2.92. The lowest BCUT2D eigenvalue weighted by Crippen LogP contribution is -2.41. The molecule has 2 amide bonds. The van der Waals surface area contributed by atoms with Gasteiger partial charge in [-0.05, 0) is 35.7 Å². The third kappa shape index (κ3) is 4.25. The zero-order valence-electron chi connectivity index (χ0n) is 10.5. The van der Waals surface area contributed by atoms with E-state index >= 15 is 0 Å². The van der Waals surface area contributed by atoms with Gasteiger partial charge in [0.1, 0.15) is 5.75 Å². The first-order chi connectivity index (χ1) is 10.1. The van der Waals surface area contributed by atoms with Crippen molar-refractivity contribution in [3.63, 3.8) is 0 Å². The Morgan fingerprint density at radius 3 is 2.29 bits per heavy atom. The van der Waals surface area contributed by atoms with Crippen LogP contribution in [0.3, 0.4) is 0 Å². The molecule has 110 valence electrons. The standard InChI is InChI=1S/C13H10F2N2O3S/c14-13(15)20-9-5-3-8(4-6-9)11(18)16-17-12(19)10-2-1-7-21-10/h1-7,13H,(H,16,18)(H,17,19). The van der Waals surface area contributed by atoms with E-state index in [1.807, 2.05) is 0 Å². The van der Waals surface area contributed by atoms with Gasteiger partial charge in [0.2, 0.25) is 0 Å². The van der Waals surface area contributed by atoms with Gasteiger partial charge in [0, 0.05) is 5.56 Å². The molecule has 0 atom stereocenters. The highest BCUT2D eigenvalue weighted by atomic mass is 32.1. The van der Waals surface area contributed by atoms with Crippen molar-refractivity contribution in [2.24, 2.45) is 0 Å². The summed E-state index contributed by atoms with van der Waals surface area (Å²) in [6.45, 7) is -2.92. The molecular formula is C13H10F2N2O3S. The minimum absolute atomic E-state index is 0.0517. The number of alkyl halides is 2. The van der Waals surface area contributed by atoms with Crippen molar-refractivity contribution in [1.29, 1.82) is 0 Å². The fourth-order valence-electron chi connectivity index (χ4n) is 1.44. The van der Waals surface area contributed by atoms with Crippen LogP contribution in [0.5, 0.6) is 5.75 Å². The zero-order valence-corrected chi connectivity index (χ0v) is 11.3. The van der Waals surface area contributed by atoms with Gasteiger partial charge in [0.25, 0.3) is 11.8 Å². The van der Waals surface area contributed by atoms with Gasteiger partial charge in [0.15, 0.2) is 0 Å². The van der Waals surface area contributed by atoms with Crippen LogP contribution in [0, 0.1) is 0 Å². The lowest BCUT2D eigenvalue weighted by atomic mass is 10.2. The molecule has 1 aromatic carbocycles. The van der Waals surface area contributed by atoms with E-state index in [0.29, 0.717) is 4.88 Å². The number of rotatable bonds is 4. The highest BCUT2D eigenvalue weighted by molar-refractivity contribution is 7.12. The van der Waals surface area contributed by atoms with Crippen molar-refractivity contribution < 1.29 is 23.1 Å². The normalized spacial score (nSPS) is 10.2. The van der Waals surface area contributed by atoms with Gasteiger partial charge in [0.05, 0.1) is 4.88 Å². The third-order valence-electron chi connectivity index (χ3n) is 2.38. The van der Waals surface area contributed by atoms with E-state index in [9.17, 15) is 18.4 Å². The molecule has 1 aromatic heterocycles. The van der Waals surface area contributed by atoms with E-state index < -0.39 is 18.4 Å². The Morgan fingerprint density at radius 1 is 1.05 bits per heavy atom. The van der Waals surface area contributed by atoms with Gasteiger partial charge in [-0.2, -0.15) is 8.78 Å². The van der Waals surface area contributed by atoms with Crippen LogP contribution < -0.4 is 15.6 Å². The molecule has 0 aliphatic carbocycles. The Labute approximate surface area is 122 Å². The molecule has 2 rings (SSSR count). The number of amides is 2. The molecule has 21 heavy (non-hydrogen) atoms. The molecule has 2 aromatic rings. The van der Waals surface area contributed by atoms with Crippen molar-refractivity contribution in [2.75, 3.05) is 0 Å². The predicted octanol–water partition coefficient (Wildman–Crippen LogP) is 2.42. The van der Waals surface area contributed by atoms with Gasteiger partial charge < -0.3 is 4.74 Å². The summed E-state index contributed by atoms with van der Waals surface area (Å²) in [6.07, 6.45) is 0. The first-order valence-electron chi connectivity index (χ1n) is 5.75. The number of benzene rings is 1. The number of hydrazine groups is 1. The summed E-state index contributed by atoms with van der Waals surface area (Å²) in [5, 5.41) is 1.73. The second-order valence-electron chi connectivity index (χ2n) is 3.79. The van der Waals surface area contributed by atoms with Crippen LogP contribution in [0.15, 0.2) is 41.8 Å². The van der Waals surface area contributed by atoms with Crippen LogP contribution in [-0.2, 0) is 0 Å². The lowest BCUT2D eigenvalue weighted by Gasteiger charge is -2.07. The maximum Gasteiger partial charge on any atom is 0.387 e. The molecule has 1 heterocycles. The molecule has 5 nitrogen and oxygen atoms in total. The Morgan fingerprint density at radius 2 is 1.71 bits per heavy atom. The molecule has 0 unspecified atom stereocenters. The molecule has 0 aliphatic heterocycles. The quantitative estimate of drug-likeness (QED) is 0.852. The van der Waals surface area contributed by atoms with Gasteiger partial charge in [-0.25, -0.2) is 0 Å². The number of carbonyl (C=O) groups is 2. The van der Waals surface area contributed by atoms with Crippen molar-refractivity contribution >= 4 is 23.2 Å². The number of thiophene rings is 1. The Kier molecular flexibility index (Phi) is 4.83. The first kappa shape index (κ1) is 14.9. The van der Waals surface area contributed by atoms with Gasteiger partial charge in [-0.15, -0.1) is 11.3 Å². The molecule has 0 fully saturated rings. The van der Waals surface area contributed by atoms with E-state index in [1.54, 1.807) is 17.5 Å². The lowest BCUT2D eigenvalue weighted by molar-refractivity contribution is -0.0498. The monoisotopic (exact) mass is 312 g/mol. The number of halogens is 2. The minimum Gasteiger partial charge on any atom is -0.435 e. The Bertz CT molecular complexity index is 615. The molecule has 0 radical (unpaired) electrons. The van der Waals surface area contributed by atoms with Crippen molar-refractivity contribution in [3.05, 3.63) is 52.2 Å². The summed E-state index contributed by atoms with van der Waals surface area (Å²) in [6, 6.07) is 8.42. The molecule has 0 bridgehead atoms. The molecule has 0 aliphatic rings. The van der Waals surface area contributed by atoms with E-state index in [0.717, 1.165) is 0 Å². The number of nitrogens with one attached hydrogen (secondary N) is 2. The predicted molar refractivity (Wildman–Crippen MR) is 72.3 cm³/mol. The summed E-state index contributed by atoms with van der Waals surface area (Å²) in [5.41, 5.74) is 4.67. The van der Waals surface area contributed by atoms with Crippen molar-refractivity contribution in [2.45, 2.75) is 6.61 Å². The molecule has 0 spiro atoms. The van der Waals surface area contributed by atoms with Crippen LogP contribution in [-0.4, -0.2) is 18.4 Å². The second kappa shape index (κ2) is 6.80. The Balaban J connectivity index is 1.90. The molecule has 0 saturated carbocycles. The highest BCUT2D eigenvalue weighted by Gasteiger charge is 2.10. The summed E-state index contributed by atoms with van der Waals surface area (Å²) in [4.78, 5) is 23.8. The van der Waals surface area contributed by atoms with Crippen LogP contribution in [0.1, 0.15) is 20.0 Å². The van der Waals surface area contributed by atoms with Gasteiger partial charge in [-0.1, -0.05) is 6.07 Å². The number of hydrogen-bond donors (Lipinski definition) is 2. The van der Waals surface area contributed by atoms with Crippen LogP contribution in [0.4, 0.5) is 8.78 Å². The van der Waals surface area contributed by atoms with Gasteiger partial charge in [-0.3, -0.25) is 20.4 Å². The molecule has 8 heteroatoms. The fourth-order valence-corrected chi connectivity index (χ4v) is 2.06. The van der Waals surface area contributed by atoms with Crippen molar-refractivity contribution in [3.8, 4) is 5.75 Å². The smallest absolute Gasteiger partial charge is 0.387 e. The van der Waals surface area contributed by atoms with Crippen LogP contribution >= 0.6 is 11.3 Å². The SMILES string of the molecule is O=C(NNC(=O)c1cccs1)c1ccc(OC(F)F)cc1. The average molecular weight is 312 g/mol. The largest absolute Gasteiger partial charge is 0.435 e. The molecular weight excluding hydrogens is 302 g/mol. The summed E-state index contributed by atoms with van der Waals surface area (Å²) >= 11 is 1.24. The van der Waals surface area contributed by atoms with E-state index in [4.69, 9.17) is 0 Å². The second-order valence-corrected chi connectivity index (χ2v) is 4.74. The average Bonchev–Trinajstić information content (AvgIpc) is 2.99. The van der Waals surface area contributed by atoms with E-state index in [2.05, 4.69) is 15.6 Å². The number of ether oxygens (including phenoxy) is 1. The zero-order chi connectivity index (χ0) is 15.2. The van der Waals surface area contributed by atoms with E-state index in [-0.39, 0.29) is 11.3 Å². The van der Waals surface area contributed by atoms with Crippen LogP contribution in [0.2, 0.25) is 0 Å². The molecule has 2 N–H and O–H groups in total. The topological polar surface area (TPSA) is 67.4 Å². The van der Waals surface area contributed by atoms with Crippen LogP contribution in [0.25, 0.3) is 0 Å². The van der Waals surface area contributed by atoms with Gasteiger partial charge >= 0.3 is 6.61 Å². The maximum absolute atomic E-state index is 12.0. The number of carbonyl (C=O) groups excluding carboxylic acids is 2. The molecule has 0 saturated heterocycles. The van der Waals surface area contributed by atoms with E-state index in [1.165, 1.54) is 35.6 Å². The first-order valence-corrected chi connectivity index (χ1v) is 6.63. The maximum atomic E-state index is 12.0. The third-order valence-corrected chi connectivity index (χ3v) is 3.24.